The van der Waals surface area contributed by atoms with E-state index in [1.165, 1.54) is 18.2 Å². The standard InChI is InChI=1S/C18H24FN3O/c1-13(2)10-21-7-5-14(6-8-21)11-22-12-20-17-9-15(19)3-4-16(17)18(22)23/h3-4,9,12-14H,5-8,10-11H2,1-2H3. The summed E-state index contributed by atoms with van der Waals surface area (Å²) >= 11 is 0. The highest BCUT2D eigenvalue weighted by Crippen LogP contribution is 2.19. The maximum atomic E-state index is 13.2. The van der Waals surface area contributed by atoms with Crippen molar-refractivity contribution in [2.45, 2.75) is 33.2 Å². The average Bonchev–Trinajstić information content (AvgIpc) is 2.51. The lowest BCUT2D eigenvalue weighted by atomic mass is 9.96. The van der Waals surface area contributed by atoms with Crippen LogP contribution in [0.4, 0.5) is 4.39 Å². The number of halogens is 1. The van der Waals surface area contributed by atoms with Crippen LogP contribution in [0.2, 0.25) is 0 Å². The van der Waals surface area contributed by atoms with Gasteiger partial charge in [0.1, 0.15) is 5.82 Å². The lowest BCUT2D eigenvalue weighted by molar-refractivity contribution is 0.158. The Labute approximate surface area is 135 Å². The summed E-state index contributed by atoms with van der Waals surface area (Å²) < 4.78 is 14.9. The van der Waals surface area contributed by atoms with Crippen LogP contribution in [0.5, 0.6) is 0 Å². The van der Waals surface area contributed by atoms with E-state index in [0.717, 1.165) is 32.5 Å². The molecule has 0 spiro atoms. The van der Waals surface area contributed by atoms with E-state index in [4.69, 9.17) is 0 Å². The molecule has 0 amide bonds. The van der Waals surface area contributed by atoms with Crippen LogP contribution >= 0.6 is 0 Å². The van der Waals surface area contributed by atoms with Gasteiger partial charge in [0, 0.05) is 19.2 Å². The quantitative estimate of drug-likeness (QED) is 0.870. The van der Waals surface area contributed by atoms with Crippen molar-refractivity contribution >= 4 is 10.9 Å². The van der Waals surface area contributed by atoms with E-state index < -0.39 is 0 Å². The Morgan fingerprint density at radius 2 is 2.04 bits per heavy atom. The fourth-order valence-corrected chi connectivity index (χ4v) is 3.41. The zero-order chi connectivity index (χ0) is 16.4. The van der Waals surface area contributed by atoms with Crippen LogP contribution in [0.15, 0.2) is 29.3 Å². The molecule has 2 aromatic rings. The molecule has 0 atom stereocenters. The predicted molar refractivity (Wildman–Crippen MR) is 90.0 cm³/mol. The summed E-state index contributed by atoms with van der Waals surface area (Å²) in [7, 11) is 0. The molecule has 23 heavy (non-hydrogen) atoms. The van der Waals surface area contributed by atoms with E-state index in [2.05, 4.69) is 23.7 Å². The largest absolute Gasteiger partial charge is 0.303 e. The maximum Gasteiger partial charge on any atom is 0.261 e. The number of likely N-dealkylation sites (tertiary alicyclic amines) is 1. The lowest BCUT2D eigenvalue weighted by Gasteiger charge is -2.33. The molecule has 2 heterocycles. The predicted octanol–water partition coefficient (Wildman–Crippen LogP) is 2.90. The van der Waals surface area contributed by atoms with Crippen molar-refractivity contribution < 1.29 is 4.39 Å². The van der Waals surface area contributed by atoms with Crippen LogP contribution in [0, 0.1) is 17.7 Å². The third-order valence-corrected chi connectivity index (χ3v) is 4.57. The molecule has 1 saturated heterocycles. The first kappa shape index (κ1) is 16.1. The number of nitrogens with zero attached hydrogens (tertiary/aromatic N) is 3. The van der Waals surface area contributed by atoms with E-state index in [1.54, 1.807) is 10.9 Å². The van der Waals surface area contributed by atoms with E-state index in [9.17, 15) is 9.18 Å². The Balaban J connectivity index is 1.69. The molecule has 3 rings (SSSR count). The minimum Gasteiger partial charge on any atom is -0.303 e. The lowest BCUT2D eigenvalue weighted by Crippen LogP contribution is -2.38. The van der Waals surface area contributed by atoms with Gasteiger partial charge in [-0.15, -0.1) is 0 Å². The highest BCUT2D eigenvalue weighted by atomic mass is 19.1. The normalized spacial score (nSPS) is 17.2. The van der Waals surface area contributed by atoms with Crippen molar-refractivity contribution in [1.29, 1.82) is 0 Å². The molecule has 1 aromatic heterocycles. The molecule has 0 radical (unpaired) electrons. The molecular formula is C18H24FN3O. The first-order chi connectivity index (χ1) is 11.0. The molecule has 124 valence electrons. The second kappa shape index (κ2) is 6.79. The minimum atomic E-state index is -0.361. The van der Waals surface area contributed by atoms with Crippen molar-refractivity contribution in [2.75, 3.05) is 19.6 Å². The summed E-state index contributed by atoms with van der Waals surface area (Å²) in [5.41, 5.74) is 0.359. The summed E-state index contributed by atoms with van der Waals surface area (Å²) in [5.74, 6) is 0.842. The second-order valence-corrected chi connectivity index (χ2v) is 7.00. The van der Waals surface area contributed by atoms with Gasteiger partial charge < -0.3 is 4.90 Å². The van der Waals surface area contributed by atoms with Gasteiger partial charge in [0.2, 0.25) is 0 Å². The van der Waals surface area contributed by atoms with Crippen LogP contribution in [0.1, 0.15) is 26.7 Å². The molecular weight excluding hydrogens is 293 g/mol. The Bertz CT molecular complexity index is 733. The molecule has 0 unspecified atom stereocenters. The van der Waals surface area contributed by atoms with Crippen LogP contribution in [0.25, 0.3) is 10.9 Å². The average molecular weight is 317 g/mol. The molecule has 4 nitrogen and oxygen atoms in total. The monoisotopic (exact) mass is 317 g/mol. The molecule has 0 saturated carbocycles. The highest BCUT2D eigenvalue weighted by Gasteiger charge is 2.20. The number of fused-ring (bicyclic) bond motifs is 1. The summed E-state index contributed by atoms with van der Waals surface area (Å²) in [6, 6.07) is 4.16. The fourth-order valence-electron chi connectivity index (χ4n) is 3.41. The van der Waals surface area contributed by atoms with E-state index in [1.807, 2.05) is 0 Å². The summed E-state index contributed by atoms with van der Waals surface area (Å²) in [5, 5.41) is 0.492. The molecule has 0 N–H and O–H groups in total. The molecule has 1 fully saturated rings. The van der Waals surface area contributed by atoms with Gasteiger partial charge in [0.25, 0.3) is 5.56 Å². The van der Waals surface area contributed by atoms with Crippen molar-refractivity contribution in [3.8, 4) is 0 Å². The van der Waals surface area contributed by atoms with Crippen molar-refractivity contribution in [3.63, 3.8) is 0 Å². The van der Waals surface area contributed by atoms with Gasteiger partial charge in [-0.25, -0.2) is 9.37 Å². The van der Waals surface area contributed by atoms with Gasteiger partial charge in [0.05, 0.1) is 17.2 Å². The molecule has 0 aliphatic carbocycles. The van der Waals surface area contributed by atoms with Crippen LogP contribution in [-0.4, -0.2) is 34.1 Å². The van der Waals surface area contributed by atoms with E-state index >= 15 is 0 Å². The van der Waals surface area contributed by atoms with E-state index in [-0.39, 0.29) is 11.4 Å². The van der Waals surface area contributed by atoms with E-state index in [0.29, 0.717) is 29.3 Å². The third-order valence-electron chi connectivity index (χ3n) is 4.57. The Kier molecular flexibility index (Phi) is 4.76. The smallest absolute Gasteiger partial charge is 0.261 e. The molecule has 1 aliphatic rings. The summed E-state index contributed by atoms with van der Waals surface area (Å²) in [6.45, 7) is 8.54. The number of aromatic nitrogens is 2. The van der Waals surface area contributed by atoms with Crippen molar-refractivity contribution in [2.24, 2.45) is 11.8 Å². The van der Waals surface area contributed by atoms with Crippen molar-refractivity contribution in [1.82, 2.24) is 14.5 Å². The third kappa shape index (κ3) is 3.78. The van der Waals surface area contributed by atoms with Gasteiger partial charge in [-0.1, -0.05) is 13.8 Å². The van der Waals surface area contributed by atoms with Crippen LogP contribution in [0.3, 0.4) is 0 Å². The number of piperidine rings is 1. The van der Waals surface area contributed by atoms with Gasteiger partial charge in [0.15, 0.2) is 0 Å². The molecule has 0 bridgehead atoms. The summed E-state index contributed by atoms with van der Waals surface area (Å²) in [6.07, 6.45) is 3.78. The van der Waals surface area contributed by atoms with Crippen molar-refractivity contribution in [3.05, 3.63) is 40.7 Å². The molecule has 5 heteroatoms. The summed E-state index contributed by atoms with van der Waals surface area (Å²) in [4.78, 5) is 19.3. The number of hydrogen-bond donors (Lipinski definition) is 0. The fraction of sp³-hybridized carbons (Fsp3) is 0.556. The number of hydrogen-bond acceptors (Lipinski definition) is 3. The number of rotatable bonds is 4. The van der Waals surface area contributed by atoms with Gasteiger partial charge in [-0.05, 0) is 49.9 Å². The zero-order valence-corrected chi connectivity index (χ0v) is 13.8. The Morgan fingerprint density at radius 3 is 2.74 bits per heavy atom. The first-order valence-corrected chi connectivity index (χ1v) is 8.40. The van der Waals surface area contributed by atoms with Gasteiger partial charge >= 0.3 is 0 Å². The van der Waals surface area contributed by atoms with Crippen LogP contribution < -0.4 is 5.56 Å². The SMILES string of the molecule is CC(C)CN1CCC(Cn2cnc3cc(F)ccc3c2=O)CC1. The second-order valence-electron chi connectivity index (χ2n) is 7.00. The number of benzene rings is 1. The molecule has 1 aliphatic heterocycles. The Morgan fingerprint density at radius 1 is 1.30 bits per heavy atom. The Hall–Kier alpha value is -1.75. The first-order valence-electron chi connectivity index (χ1n) is 8.40. The minimum absolute atomic E-state index is 0.0698. The maximum absolute atomic E-state index is 13.2. The topological polar surface area (TPSA) is 38.1 Å². The zero-order valence-electron chi connectivity index (χ0n) is 13.8. The molecule has 1 aromatic carbocycles. The van der Waals surface area contributed by atoms with Gasteiger partial charge in [-0.3, -0.25) is 9.36 Å². The van der Waals surface area contributed by atoms with Gasteiger partial charge in [-0.2, -0.15) is 0 Å². The van der Waals surface area contributed by atoms with Crippen LogP contribution in [-0.2, 0) is 6.54 Å². The highest BCUT2D eigenvalue weighted by molar-refractivity contribution is 5.77.